The first-order valence-electron chi connectivity index (χ1n) is 6.39. The molecule has 0 saturated heterocycles. The SMILES string of the molecule is Cc1c(N)cc(Br)cc1C(=O)NC(C)C(=O)NC(C)C. The smallest absolute Gasteiger partial charge is 0.252 e. The Morgan fingerprint density at radius 1 is 1.20 bits per heavy atom. The highest BCUT2D eigenvalue weighted by molar-refractivity contribution is 9.10. The molecule has 20 heavy (non-hydrogen) atoms. The number of carbonyl (C=O) groups excluding carboxylic acids is 2. The number of nitrogens with two attached hydrogens (primary N) is 1. The normalized spacial score (nSPS) is 12.1. The quantitative estimate of drug-likeness (QED) is 0.732. The fourth-order valence-corrected chi connectivity index (χ4v) is 2.16. The number of amides is 2. The van der Waals surface area contributed by atoms with Gasteiger partial charge in [0.05, 0.1) is 0 Å². The van der Waals surface area contributed by atoms with Crippen LogP contribution in [0.4, 0.5) is 5.69 Å². The molecule has 1 rings (SSSR count). The number of carbonyl (C=O) groups is 2. The van der Waals surface area contributed by atoms with E-state index in [0.29, 0.717) is 16.8 Å². The van der Waals surface area contributed by atoms with Crippen molar-refractivity contribution >= 4 is 33.4 Å². The molecule has 4 N–H and O–H groups in total. The summed E-state index contributed by atoms with van der Waals surface area (Å²) in [6.45, 7) is 7.15. The third-order valence-corrected chi connectivity index (χ3v) is 3.29. The maximum Gasteiger partial charge on any atom is 0.252 e. The Morgan fingerprint density at radius 2 is 1.80 bits per heavy atom. The summed E-state index contributed by atoms with van der Waals surface area (Å²) in [5.74, 6) is -0.532. The molecule has 0 spiro atoms. The second-order valence-electron chi connectivity index (χ2n) is 5.03. The van der Waals surface area contributed by atoms with E-state index in [0.717, 1.165) is 4.47 Å². The summed E-state index contributed by atoms with van der Waals surface area (Å²) in [7, 11) is 0. The molecule has 0 radical (unpaired) electrons. The molecule has 1 aromatic rings. The van der Waals surface area contributed by atoms with E-state index in [2.05, 4.69) is 26.6 Å². The lowest BCUT2D eigenvalue weighted by atomic mass is 10.1. The van der Waals surface area contributed by atoms with Crippen LogP contribution >= 0.6 is 15.9 Å². The zero-order valence-electron chi connectivity index (χ0n) is 12.1. The summed E-state index contributed by atoms with van der Waals surface area (Å²) in [5, 5.41) is 5.42. The van der Waals surface area contributed by atoms with E-state index in [1.165, 1.54) is 0 Å². The van der Waals surface area contributed by atoms with Gasteiger partial charge in [0, 0.05) is 21.8 Å². The Morgan fingerprint density at radius 3 is 2.35 bits per heavy atom. The standard InChI is InChI=1S/C14H20BrN3O2/c1-7(2)17-13(19)9(4)18-14(20)11-5-10(15)6-12(16)8(11)3/h5-7,9H,16H2,1-4H3,(H,17,19)(H,18,20). The minimum Gasteiger partial charge on any atom is -0.398 e. The van der Waals surface area contributed by atoms with Gasteiger partial charge in [-0.25, -0.2) is 0 Å². The van der Waals surface area contributed by atoms with Gasteiger partial charge in [-0.05, 0) is 45.4 Å². The van der Waals surface area contributed by atoms with Gasteiger partial charge in [0.25, 0.3) is 5.91 Å². The molecular weight excluding hydrogens is 322 g/mol. The predicted octanol–water partition coefficient (Wildman–Crippen LogP) is 1.98. The third kappa shape index (κ3) is 4.23. The lowest BCUT2D eigenvalue weighted by molar-refractivity contribution is -0.123. The number of halogens is 1. The van der Waals surface area contributed by atoms with E-state index in [9.17, 15) is 9.59 Å². The molecule has 0 aliphatic heterocycles. The van der Waals surface area contributed by atoms with Gasteiger partial charge in [0.1, 0.15) is 6.04 Å². The highest BCUT2D eigenvalue weighted by atomic mass is 79.9. The molecule has 0 saturated carbocycles. The largest absolute Gasteiger partial charge is 0.398 e. The number of rotatable bonds is 4. The van der Waals surface area contributed by atoms with Gasteiger partial charge < -0.3 is 16.4 Å². The van der Waals surface area contributed by atoms with Gasteiger partial charge in [0.15, 0.2) is 0 Å². The third-order valence-electron chi connectivity index (χ3n) is 2.83. The number of benzene rings is 1. The maximum atomic E-state index is 12.2. The van der Waals surface area contributed by atoms with Crippen molar-refractivity contribution in [3.05, 3.63) is 27.7 Å². The van der Waals surface area contributed by atoms with Crippen LogP contribution in [0.5, 0.6) is 0 Å². The molecule has 6 heteroatoms. The highest BCUT2D eigenvalue weighted by Crippen LogP contribution is 2.22. The van der Waals surface area contributed by atoms with E-state index in [1.807, 2.05) is 13.8 Å². The number of hydrogen-bond acceptors (Lipinski definition) is 3. The van der Waals surface area contributed by atoms with Crippen LogP contribution in [0.15, 0.2) is 16.6 Å². The van der Waals surface area contributed by atoms with E-state index >= 15 is 0 Å². The van der Waals surface area contributed by atoms with Crippen LogP contribution in [0.2, 0.25) is 0 Å². The average molecular weight is 342 g/mol. The first-order chi connectivity index (χ1) is 9.22. The van der Waals surface area contributed by atoms with Crippen molar-refractivity contribution in [3.8, 4) is 0 Å². The fourth-order valence-electron chi connectivity index (χ4n) is 1.69. The van der Waals surface area contributed by atoms with E-state index in [-0.39, 0.29) is 17.9 Å². The van der Waals surface area contributed by atoms with Crippen LogP contribution in [-0.4, -0.2) is 23.9 Å². The van der Waals surface area contributed by atoms with Crippen LogP contribution in [0.3, 0.4) is 0 Å². The Kier molecular flexibility index (Phi) is 5.56. The summed E-state index contributed by atoms with van der Waals surface area (Å²) in [5.41, 5.74) is 7.51. The molecule has 5 nitrogen and oxygen atoms in total. The average Bonchev–Trinajstić information content (AvgIpc) is 2.32. The van der Waals surface area contributed by atoms with Crippen LogP contribution in [-0.2, 0) is 4.79 Å². The van der Waals surface area contributed by atoms with Crippen LogP contribution in [0.1, 0.15) is 36.7 Å². The summed E-state index contributed by atoms with van der Waals surface area (Å²) in [4.78, 5) is 24.0. The van der Waals surface area contributed by atoms with E-state index in [4.69, 9.17) is 5.73 Å². The van der Waals surface area contributed by atoms with Gasteiger partial charge in [-0.3, -0.25) is 9.59 Å². The number of hydrogen-bond donors (Lipinski definition) is 3. The monoisotopic (exact) mass is 341 g/mol. The number of nitrogens with one attached hydrogen (secondary N) is 2. The summed E-state index contributed by atoms with van der Waals surface area (Å²) in [6.07, 6.45) is 0. The van der Waals surface area contributed by atoms with Crippen LogP contribution in [0.25, 0.3) is 0 Å². The van der Waals surface area contributed by atoms with Gasteiger partial charge in [0.2, 0.25) is 5.91 Å². The molecule has 0 bridgehead atoms. The summed E-state index contributed by atoms with van der Waals surface area (Å²) in [6, 6.07) is 2.85. The van der Waals surface area contributed by atoms with Crippen molar-refractivity contribution in [3.63, 3.8) is 0 Å². The molecule has 0 heterocycles. The molecule has 0 aromatic heterocycles. The Labute approximate surface area is 127 Å². The Bertz CT molecular complexity index is 529. The minimum absolute atomic E-state index is 0.0325. The van der Waals surface area contributed by atoms with Crippen molar-refractivity contribution in [1.29, 1.82) is 0 Å². The van der Waals surface area contributed by atoms with Gasteiger partial charge in [-0.2, -0.15) is 0 Å². The second-order valence-corrected chi connectivity index (χ2v) is 5.94. The number of anilines is 1. The molecular formula is C14H20BrN3O2. The van der Waals surface area contributed by atoms with Crippen LogP contribution in [0, 0.1) is 6.92 Å². The Hall–Kier alpha value is -1.56. The predicted molar refractivity (Wildman–Crippen MR) is 83.5 cm³/mol. The first kappa shape index (κ1) is 16.5. The Balaban J connectivity index is 2.84. The van der Waals surface area contributed by atoms with Crippen molar-refractivity contribution in [2.45, 2.75) is 39.8 Å². The summed E-state index contributed by atoms with van der Waals surface area (Å²) >= 11 is 3.30. The van der Waals surface area contributed by atoms with Crippen molar-refractivity contribution < 1.29 is 9.59 Å². The van der Waals surface area contributed by atoms with Crippen LogP contribution < -0.4 is 16.4 Å². The lowest BCUT2D eigenvalue weighted by Crippen LogP contribution is -2.46. The van der Waals surface area contributed by atoms with Crippen molar-refractivity contribution in [1.82, 2.24) is 10.6 Å². The molecule has 1 aromatic carbocycles. The molecule has 1 atom stereocenters. The first-order valence-corrected chi connectivity index (χ1v) is 7.18. The second kappa shape index (κ2) is 6.74. The molecule has 0 aliphatic carbocycles. The van der Waals surface area contributed by atoms with Crippen molar-refractivity contribution in [2.75, 3.05) is 5.73 Å². The fraction of sp³-hybridized carbons (Fsp3) is 0.429. The van der Waals surface area contributed by atoms with Gasteiger partial charge in [-0.15, -0.1) is 0 Å². The minimum atomic E-state index is -0.607. The molecule has 2 amide bonds. The topological polar surface area (TPSA) is 84.2 Å². The van der Waals surface area contributed by atoms with E-state index in [1.54, 1.807) is 26.0 Å². The van der Waals surface area contributed by atoms with Gasteiger partial charge >= 0.3 is 0 Å². The highest BCUT2D eigenvalue weighted by Gasteiger charge is 2.19. The molecule has 0 aliphatic rings. The molecule has 0 fully saturated rings. The zero-order chi connectivity index (χ0) is 15.4. The summed E-state index contributed by atoms with van der Waals surface area (Å²) < 4.78 is 0.727. The lowest BCUT2D eigenvalue weighted by Gasteiger charge is -2.17. The maximum absolute atomic E-state index is 12.2. The number of nitrogen functional groups attached to an aromatic ring is 1. The molecule has 110 valence electrons. The van der Waals surface area contributed by atoms with E-state index < -0.39 is 6.04 Å². The van der Waals surface area contributed by atoms with Gasteiger partial charge in [-0.1, -0.05) is 15.9 Å². The molecule has 1 unspecified atom stereocenters. The zero-order valence-corrected chi connectivity index (χ0v) is 13.7. The van der Waals surface area contributed by atoms with Crippen molar-refractivity contribution in [2.24, 2.45) is 0 Å².